The molecule has 0 aliphatic carbocycles. The Morgan fingerprint density at radius 3 is 2.79 bits per heavy atom. The second-order valence-electron chi connectivity index (χ2n) is 3.64. The molecule has 72 valence electrons. The molecule has 2 N–H and O–H groups in total. The monoisotopic (exact) mass is 188 g/mol. The predicted octanol–water partition coefficient (Wildman–Crippen LogP) is 1.30. The Hall–Kier alpha value is -1.64. The first kappa shape index (κ1) is 8.94. The summed E-state index contributed by atoms with van der Waals surface area (Å²) in [6, 6.07) is 3.94. The lowest BCUT2D eigenvalue weighted by Gasteiger charge is -2.20. The summed E-state index contributed by atoms with van der Waals surface area (Å²) in [4.78, 5) is 11.2. The highest BCUT2D eigenvalue weighted by molar-refractivity contribution is 6.11. The lowest BCUT2D eigenvalue weighted by Crippen LogP contribution is -2.37. The lowest BCUT2D eigenvalue weighted by molar-refractivity contribution is -0.119. The van der Waals surface area contributed by atoms with Crippen molar-refractivity contribution < 1.29 is 4.79 Å². The standard InChI is InChI=1S/C11H12N2O/c1-6-3-4-8-5-9(14)13-11(12)10(8)7(6)2/h3-4H,5H2,1-2H3,(H2,12,13,14). The molecule has 0 atom stereocenters. The summed E-state index contributed by atoms with van der Waals surface area (Å²) in [7, 11) is 0. The van der Waals surface area contributed by atoms with Crippen molar-refractivity contribution in [2.75, 3.05) is 0 Å². The Labute approximate surface area is 82.6 Å². The number of nitrogens with one attached hydrogen (secondary N) is 2. The smallest absolute Gasteiger partial charge is 0.229 e. The van der Waals surface area contributed by atoms with Gasteiger partial charge in [-0.15, -0.1) is 0 Å². The van der Waals surface area contributed by atoms with Gasteiger partial charge >= 0.3 is 0 Å². The highest BCUT2D eigenvalue weighted by Gasteiger charge is 2.21. The van der Waals surface area contributed by atoms with Gasteiger partial charge in [-0.3, -0.25) is 10.2 Å². The van der Waals surface area contributed by atoms with Crippen molar-refractivity contribution in [2.24, 2.45) is 0 Å². The maximum absolute atomic E-state index is 11.2. The van der Waals surface area contributed by atoms with Gasteiger partial charge < -0.3 is 5.32 Å². The van der Waals surface area contributed by atoms with Gasteiger partial charge in [0.1, 0.15) is 5.84 Å². The van der Waals surface area contributed by atoms with Gasteiger partial charge in [-0.1, -0.05) is 12.1 Å². The summed E-state index contributed by atoms with van der Waals surface area (Å²) in [6.45, 7) is 4.00. The summed E-state index contributed by atoms with van der Waals surface area (Å²) in [5, 5.41) is 10.3. The molecule has 1 aromatic rings. The van der Waals surface area contributed by atoms with Crippen molar-refractivity contribution in [3.63, 3.8) is 0 Å². The van der Waals surface area contributed by atoms with Crippen LogP contribution in [0.15, 0.2) is 12.1 Å². The molecular weight excluding hydrogens is 176 g/mol. The van der Waals surface area contributed by atoms with Crippen molar-refractivity contribution in [2.45, 2.75) is 20.3 Å². The van der Waals surface area contributed by atoms with E-state index >= 15 is 0 Å². The minimum absolute atomic E-state index is 0.0919. The lowest BCUT2D eigenvalue weighted by atomic mass is 9.92. The van der Waals surface area contributed by atoms with Gasteiger partial charge in [-0.25, -0.2) is 0 Å². The third-order valence-corrected chi connectivity index (χ3v) is 2.69. The van der Waals surface area contributed by atoms with Crippen LogP contribution in [0.1, 0.15) is 22.3 Å². The van der Waals surface area contributed by atoms with E-state index in [0.29, 0.717) is 6.42 Å². The molecule has 1 aromatic carbocycles. The second-order valence-corrected chi connectivity index (χ2v) is 3.64. The average molecular weight is 188 g/mol. The van der Waals surface area contributed by atoms with Crippen molar-refractivity contribution >= 4 is 11.7 Å². The number of hydrogen-bond acceptors (Lipinski definition) is 2. The van der Waals surface area contributed by atoms with Gasteiger partial charge in [0.15, 0.2) is 0 Å². The molecule has 14 heavy (non-hydrogen) atoms. The molecule has 0 aromatic heterocycles. The fraction of sp³-hybridized carbons (Fsp3) is 0.273. The zero-order chi connectivity index (χ0) is 10.3. The van der Waals surface area contributed by atoms with Crippen LogP contribution in [0.2, 0.25) is 0 Å². The first-order chi connectivity index (χ1) is 6.59. The van der Waals surface area contributed by atoms with Crippen LogP contribution < -0.4 is 5.32 Å². The Balaban J connectivity index is 2.65. The highest BCUT2D eigenvalue weighted by Crippen LogP contribution is 2.21. The van der Waals surface area contributed by atoms with Gasteiger partial charge in [0.05, 0.1) is 6.42 Å². The summed E-state index contributed by atoms with van der Waals surface area (Å²) in [5.74, 6) is 0.142. The first-order valence-corrected chi connectivity index (χ1v) is 4.57. The van der Waals surface area contributed by atoms with Crippen LogP contribution in [0, 0.1) is 19.3 Å². The van der Waals surface area contributed by atoms with Crippen LogP contribution in [-0.4, -0.2) is 11.7 Å². The fourth-order valence-corrected chi connectivity index (χ4v) is 1.79. The number of rotatable bonds is 0. The largest absolute Gasteiger partial charge is 0.310 e. The van der Waals surface area contributed by atoms with Gasteiger partial charge in [0, 0.05) is 5.56 Å². The van der Waals surface area contributed by atoms with E-state index in [0.717, 1.165) is 22.3 Å². The number of fused-ring (bicyclic) bond motifs is 1. The van der Waals surface area contributed by atoms with Crippen molar-refractivity contribution in [3.8, 4) is 0 Å². The first-order valence-electron chi connectivity index (χ1n) is 4.57. The quantitative estimate of drug-likeness (QED) is 0.633. The van der Waals surface area contributed by atoms with Crippen LogP contribution in [0.25, 0.3) is 0 Å². The maximum Gasteiger partial charge on any atom is 0.229 e. The van der Waals surface area contributed by atoms with E-state index < -0.39 is 0 Å². The molecule has 3 nitrogen and oxygen atoms in total. The molecule has 0 bridgehead atoms. The van der Waals surface area contributed by atoms with Crippen LogP contribution in [0.5, 0.6) is 0 Å². The summed E-state index contributed by atoms with van der Waals surface area (Å²) >= 11 is 0. The molecule has 1 amide bonds. The van der Waals surface area contributed by atoms with Crippen LogP contribution >= 0.6 is 0 Å². The molecule has 0 spiro atoms. The molecule has 3 heteroatoms. The molecule has 0 saturated heterocycles. The molecule has 2 rings (SSSR count). The van der Waals surface area contributed by atoms with E-state index in [9.17, 15) is 4.79 Å². The van der Waals surface area contributed by atoms with E-state index in [1.165, 1.54) is 0 Å². The predicted molar refractivity (Wildman–Crippen MR) is 54.6 cm³/mol. The Kier molecular flexibility index (Phi) is 1.88. The maximum atomic E-state index is 11.2. The molecule has 1 aliphatic heterocycles. The zero-order valence-corrected chi connectivity index (χ0v) is 8.27. The van der Waals surface area contributed by atoms with Gasteiger partial charge in [-0.05, 0) is 30.5 Å². The molecule has 0 saturated carbocycles. The van der Waals surface area contributed by atoms with Crippen LogP contribution in [-0.2, 0) is 11.2 Å². The molecule has 1 heterocycles. The number of hydrogen-bond donors (Lipinski definition) is 2. The highest BCUT2D eigenvalue weighted by atomic mass is 16.1. The Morgan fingerprint density at radius 1 is 1.36 bits per heavy atom. The minimum atomic E-state index is -0.0919. The molecule has 0 fully saturated rings. The van der Waals surface area contributed by atoms with E-state index in [1.807, 2.05) is 26.0 Å². The van der Waals surface area contributed by atoms with E-state index in [4.69, 9.17) is 5.41 Å². The van der Waals surface area contributed by atoms with Crippen LogP contribution in [0.3, 0.4) is 0 Å². The number of amides is 1. The summed E-state index contributed by atoms with van der Waals surface area (Å²) in [6.07, 6.45) is 0.388. The van der Waals surface area contributed by atoms with E-state index in [2.05, 4.69) is 5.32 Å². The average Bonchev–Trinajstić information content (AvgIpc) is 2.10. The molecular formula is C11H12N2O. The second kappa shape index (κ2) is 2.94. The summed E-state index contributed by atoms with van der Waals surface area (Å²) in [5.41, 5.74) is 4.10. The third-order valence-electron chi connectivity index (χ3n) is 2.69. The molecule has 0 unspecified atom stereocenters. The fourth-order valence-electron chi connectivity index (χ4n) is 1.79. The minimum Gasteiger partial charge on any atom is -0.310 e. The van der Waals surface area contributed by atoms with Crippen molar-refractivity contribution in [3.05, 3.63) is 34.4 Å². The summed E-state index contributed by atoms with van der Waals surface area (Å²) < 4.78 is 0. The number of aryl methyl sites for hydroxylation is 1. The third kappa shape index (κ3) is 1.21. The van der Waals surface area contributed by atoms with Gasteiger partial charge in [-0.2, -0.15) is 0 Å². The number of carbonyl (C=O) groups excluding carboxylic acids is 1. The van der Waals surface area contributed by atoms with E-state index in [-0.39, 0.29) is 11.7 Å². The Bertz CT molecular complexity index is 435. The SMILES string of the molecule is Cc1ccc2c(c1C)C(=N)NC(=O)C2. The van der Waals surface area contributed by atoms with E-state index in [1.54, 1.807) is 0 Å². The number of amidine groups is 1. The molecule has 1 aliphatic rings. The van der Waals surface area contributed by atoms with Crippen LogP contribution in [0.4, 0.5) is 0 Å². The van der Waals surface area contributed by atoms with Gasteiger partial charge in [0.25, 0.3) is 0 Å². The van der Waals surface area contributed by atoms with Crippen molar-refractivity contribution in [1.29, 1.82) is 5.41 Å². The number of benzene rings is 1. The normalized spacial score (nSPS) is 15.0. The Morgan fingerprint density at radius 2 is 2.07 bits per heavy atom. The molecule has 0 radical (unpaired) electrons. The topological polar surface area (TPSA) is 53.0 Å². The number of carbonyl (C=O) groups is 1. The zero-order valence-electron chi connectivity index (χ0n) is 8.27. The van der Waals surface area contributed by atoms with Gasteiger partial charge in [0.2, 0.25) is 5.91 Å². The van der Waals surface area contributed by atoms with Crippen molar-refractivity contribution in [1.82, 2.24) is 5.32 Å².